The monoisotopic (exact) mass is 229 g/mol. The summed E-state index contributed by atoms with van der Waals surface area (Å²) >= 11 is 0. The SMILES string of the molecule is Cc1ccc2c(c1)CC[C@@H](N1CCC[C@H]1C)C2. The molecule has 0 radical (unpaired) electrons. The van der Waals surface area contributed by atoms with Gasteiger partial charge in [0.2, 0.25) is 0 Å². The van der Waals surface area contributed by atoms with Crippen LogP contribution in [0, 0.1) is 6.92 Å². The summed E-state index contributed by atoms with van der Waals surface area (Å²) in [5, 5.41) is 0. The highest BCUT2D eigenvalue weighted by Gasteiger charge is 2.30. The van der Waals surface area contributed by atoms with Gasteiger partial charge in [-0.3, -0.25) is 4.90 Å². The smallest absolute Gasteiger partial charge is 0.0142 e. The van der Waals surface area contributed by atoms with Crippen molar-refractivity contribution in [2.75, 3.05) is 6.54 Å². The molecular formula is C16H23N. The second-order valence-corrected chi connectivity index (χ2v) is 5.90. The van der Waals surface area contributed by atoms with E-state index in [1.807, 2.05) is 0 Å². The molecule has 1 aromatic carbocycles. The van der Waals surface area contributed by atoms with Crippen LogP contribution in [0.5, 0.6) is 0 Å². The van der Waals surface area contributed by atoms with Gasteiger partial charge in [-0.25, -0.2) is 0 Å². The van der Waals surface area contributed by atoms with Crippen LogP contribution in [0.15, 0.2) is 18.2 Å². The summed E-state index contributed by atoms with van der Waals surface area (Å²) in [6, 6.07) is 8.64. The third kappa shape index (κ3) is 2.13. The minimum absolute atomic E-state index is 0.808. The maximum absolute atomic E-state index is 2.75. The van der Waals surface area contributed by atoms with Crippen molar-refractivity contribution in [1.82, 2.24) is 4.90 Å². The zero-order valence-electron chi connectivity index (χ0n) is 11.1. The van der Waals surface area contributed by atoms with Gasteiger partial charge < -0.3 is 0 Å². The molecule has 0 bridgehead atoms. The number of likely N-dealkylation sites (tertiary alicyclic amines) is 1. The molecule has 2 atom stereocenters. The molecule has 1 saturated heterocycles. The summed E-state index contributed by atoms with van der Waals surface area (Å²) in [5.41, 5.74) is 4.62. The van der Waals surface area contributed by atoms with Gasteiger partial charge in [0.25, 0.3) is 0 Å². The van der Waals surface area contributed by atoms with E-state index in [4.69, 9.17) is 0 Å². The summed E-state index contributed by atoms with van der Waals surface area (Å²) in [5.74, 6) is 0. The zero-order valence-corrected chi connectivity index (χ0v) is 11.1. The van der Waals surface area contributed by atoms with Crippen LogP contribution in [0.1, 0.15) is 42.9 Å². The first-order valence-corrected chi connectivity index (χ1v) is 7.08. The molecule has 1 aliphatic carbocycles. The Morgan fingerprint density at radius 2 is 2.06 bits per heavy atom. The first-order chi connectivity index (χ1) is 8.24. The first kappa shape index (κ1) is 11.3. The second-order valence-electron chi connectivity index (χ2n) is 5.90. The third-order valence-electron chi connectivity index (χ3n) is 4.64. The lowest BCUT2D eigenvalue weighted by atomic mass is 9.86. The lowest BCUT2D eigenvalue weighted by Gasteiger charge is -2.35. The van der Waals surface area contributed by atoms with Crippen molar-refractivity contribution in [2.45, 2.75) is 58.0 Å². The van der Waals surface area contributed by atoms with Gasteiger partial charge in [0, 0.05) is 12.1 Å². The van der Waals surface area contributed by atoms with Gasteiger partial charge in [0.05, 0.1) is 0 Å². The standard InChI is InChI=1S/C16H23N/c1-12-5-6-15-11-16(8-7-14(15)10-12)17-9-3-4-13(17)2/h5-6,10,13,16H,3-4,7-9,11H2,1-2H3/t13-,16-/m1/s1. The van der Waals surface area contributed by atoms with Crippen molar-refractivity contribution >= 4 is 0 Å². The summed E-state index contributed by atoms with van der Waals surface area (Å²) in [6.07, 6.45) is 6.72. The van der Waals surface area contributed by atoms with Gasteiger partial charge in [-0.05, 0) is 63.6 Å². The Morgan fingerprint density at radius 3 is 2.82 bits per heavy atom. The summed E-state index contributed by atoms with van der Waals surface area (Å²) < 4.78 is 0. The van der Waals surface area contributed by atoms with Crippen molar-refractivity contribution in [2.24, 2.45) is 0 Å². The van der Waals surface area contributed by atoms with Crippen LogP contribution in [-0.4, -0.2) is 23.5 Å². The quantitative estimate of drug-likeness (QED) is 0.714. The van der Waals surface area contributed by atoms with E-state index in [9.17, 15) is 0 Å². The maximum Gasteiger partial charge on any atom is 0.0142 e. The van der Waals surface area contributed by atoms with E-state index in [1.54, 1.807) is 11.1 Å². The van der Waals surface area contributed by atoms with Crippen LogP contribution in [0.4, 0.5) is 0 Å². The summed E-state index contributed by atoms with van der Waals surface area (Å²) in [7, 11) is 0. The fourth-order valence-corrected chi connectivity index (χ4v) is 3.65. The zero-order chi connectivity index (χ0) is 11.8. The minimum Gasteiger partial charge on any atom is -0.297 e. The van der Waals surface area contributed by atoms with Gasteiger partial charge in [0.1, 0.15) is 0 Å². The molecule has 1 nitrogen and oxygen atoms in total. The van der Waals surface area contributed by atoms with Crippen LogP contribution in [0.3, 0.4) is 0 Å². The van der Waals surface area contributed by atoms with E-state index in [2.05, 4.69) is 36.9 Å². The lowest BCUT2D eigenvalue weighted by Crippen LogP contribution is -2.41. The molecule has 0 spiro atoms. The number of hydrogen-bond donors (Lipinski definition) is 0. The molecule has 1 heteroatoms. The molecule has 1 aliphatic heterocycles. The van der Waals surface area contributed by atoms with Gasteiger partial charge in [-0.2, -0.15) is 0 Å². The molecule has 2 aliphatic rings. The molecule has 0 unspecified atom stereocenters. The van der Waals surface area contributed by atoms with Gasteiger partial charge in [0.15, 0.2) is 0 Å². The van der Waals surface area contributed by atoms with Crippen LogP contribution in [0.25, 0.3) is 0 Å². The number of nitrogens with zero attached hydrogens (tertiary/aromatic N) is 1. The molecule has 3 rings (SSSR count). The van der Waals surface area contributed by atoms with Gasteiger partial charge in [-0.1, -0.05) is 23.8 Å². The topological polar surface area (TPSA) is 3.24 Å². The molecule has 0 N–H and O–H groups in total. The van der Waals surface area contributed by atoms with E-state index >= 15 is 0 Å². The van der Waals surface area contributed by atoms with Crippen molar-refractivity contribution in [3.63, 3.8) is 0 Å². The largest absolute Gasteiger partial charge is 0.297 e. The molecule has 1 aromatic rings. The van der Waals surface area contributed by atoms with Crippen LogP contribution >= 0.6 is 0 Å². The number of fused-ring (bicyclic) bond motifs is 1. The number of hydrogen-bond acceptors (Lipinski definition) is 1. The van der Waals surface area contributed by atoms with Crippen LogP contribution in [0.2, 0.25) is 0 Å². The Labute approximate surface area is 105 Å². The van der Waals surface area contributed by atoms with Crippen molar-refractivity contribution in [1.29, 1.82) is 0 Å². The lowest BCUT2D eigenvalue weighted by molar-refractivity contribution is 0.174. The predicted molar refractivity (Wildman–Crippen MR) is 72.4 cm³/mol. The van der Waals surface area contributed by atoms with E-state index < -0.39 is 0 Å². The Hall–Kier alpha value is -0.820. The maximum atomic E-state index is 2.75. The highest BCUT2D eigenvalue weighted by molar-refractivity contribution is 5.34. The Morgan fingerprint density at radius 1 is 1.18 bits per heavy atom. The highest BCUT2D eigenvalue weighted by Crippen LogP contribution is 2.29. The molecule has 92 valence electrons. The molecular weight excluding hydrogens is 206 g/mol. The van der Waals surface area contributed by atoms with Gasteiger partial charge >= 0.3 is 0 Å². The third-order valence-corrected chi connectivity index (χ3v) is 4.64. The molecule has 17 heavy (non-hydrogen) atoms. The predicted octanol–water partition coefficient (Wildman–Crippen LogP) is 3.34. The summed E-state index contributed by atoms with van der Waals surface area (Å²) in [6.45, 7) is 5.93. The van der Waals surface area contributed by atoms with E-state index in [0.717, 1.165) is 12.1 Å². The Bertz CT molecular complexity index is 410. The minimum atomic E-state index is 0.808. The average molecular weight is 229 g/mol. The molecule has 1 fully saturated rings. The van der Waals surface area contributed by atoms with Crippen molar-refractivity contribution in [3.05, 3.63) is 34.9 Å². The highest BCUT2D eigenvalue weighted by atomic mass is 15.2. The number of aryl methyl sites for hydroxylation is 2. The van der Waals surface area contributed by atoms with Crippen LogP contribution in [-0.2, 0) is 12.8 Å². The van der Waals surface area contributed by atoms with Gasteiger partial charge in [-0.15, -0.1) is 0 Å². The molecule has 1 heterocycles. The Balaban J connectivity index is 1.78. The van der Waals surface area contributed by atoms with Crippen LogP contribution < -0.4 is 0 Å². The molecule has 0 aromatic heterocycles. The normalized spacial score (nSPS) is 29.3. The van der Waals surface area contributed by atoms with E-state index in [1.165, 1.54) is 44.2 Å². The number of rotatable bonds is 1. The molecule has 0 amide bonds. The first-order valence-electron chi connectivity index (χ1n) is 7.08. The molecule has 0 saturated carbocycles. The Kier molecular flexibility index (Phi) is 2.96. The number of benzene rings is 1. The van der Waals surface area contributed by atoms with Crippen molar-refractivity contribution in [3.8, 4) is 0 Å². The average Bonchev–Trinajstić information content (AvgIpc) is 2.75. The fraction of sp³-hybridized carbons (Fsp3) is 0.625. The second kappa shape index (κ2) is 4.45. The van der Waals surface area contributed by atoms with Crippen molar-refractivity contribution < 1.29 is 0 Å². The van der Waals surface area contributed by atoms with E-state index in [0.29, 0.717) is 0 Å². The summed E-state index contributed by atoms with van der Waals surface area (Å²) in [4.78, 5) is 2.75. The van der Waals surface area contributed by atoms with E-state index in [-0.39, 0.29) is 0 Å². The fourth-order valence-electron chi connectivity index (χ4n) is 3.65.